The molecule has 0 aliphatic carbocycles. The van der Waals surface area contributed by atoms with Crippen LogP contribution in [0, 0.1) is 7.14 Å². The van der Waals surface area contributed by atoms with Crippen molar-refractivity contribution in [2.24, 2.45) is 5.10 Å². The summed E-state index contributed by atoms with van der Waals surface area (Å²) in [5, 5.41) is 10.8. The van der Waals surface area contributed by atoms with Gasteiger partial charge >= 0.3 is 0 Å². The van der Waals surface area contributed by atoms with Crippen LogP contribution in [0.5, 0.6) is 5.75 Å². The smallest absolute Gasteiger partial charge is 0.271 e. The summed E-state index contributed by atoms with van der Waals surface area (Å²) < 4.78 is 8.97. The van der Waals surface area contributed by atoms with Gasteiger partial charge in [-0.3, -0.25) is 4.79 Å². The molecule has 1 amide bonds. The van der Waals surface area contributed by atoms with Gasteiger partial charge in [-0.05, 0) is 133 Å². The van der Waals surface area contributed by atoms with Gasteiger partial charge in [0.2, 0.25) is 0 Å². The molecule has 5 aromatic rings. The van der Waals surface area contributed by atoms with Gasteiger partial charge in [0.15, 0.2) is 5.13 Å². The minimum Gasteiger partial charge on any atom is -0.487 e. The lowest BCUT2D eigenvalue weighted by molar-refractivity contribution is 0.0955. The third-order valence-electron chi connectivity index (χ3n) is 5.74. The number of ether oxygens (including phenoxy) is 1. The number of halogens is 4. The van der Waals surface area contributed by atoms with E-state index >= 15 is 0 Å². The Morgan fingerprint density at radius 1 is 1.02 bits per heavy atom. The SMILES string of the molecule is O=C(N/N=C\c1cc(Br)c(OCc2ccc(I)cc2)c(I)c1)c1ccc(-c2csc(Nc3ccc(Cl)cc3)n2)cc1. The van der Waals surface area contributed by atoms with Gasteiger partial charge in [-0.15, -0.1) is 11.3 Å². The lowest BCUT2D eigenvalue weighted by Gasteiger charge is -2.11. The van der Waals surface area contributed by atoms with Gasteiger partial charge < -0.3 is 10.1 Å². The van der Waals surface area contributed by atoms with E-state index in [1.807, 2.05) is 53.9 Å². The second-order valence-corrected chi connectivity index (χ2v) is 13.2. The average molecular weight is 870 g/mol. The normalized spacial score (nSPS) is 11.0. The highest BCUT2D eigenvalue weighted by Gasteiger charge is 2.11. The predicted molar refractivity (Wildman–Crippen MR) is 188 cm³/mol. The van der Waals surface area contributed by atoms with Crippen molar-refractivity contribution in [1.29, 1.82) is 0 Å². The van der Waals surface area contributed by atoms with Crippen LogP contribution in [0.15, 0.2) is 99.9 Å². The van der Waals surface area contributed by atoms with E-state index in [-0.39, 0.29) is 5.91 Å². The van der Waals surface area contributed by atoms with Gasteiger partial charge in [0.1, 0.15) is 12.4 Å². The summed E-state index contributed by atoms with van der Waals surface area (Å²) in [4.78, 5) is 17.3. The van der Waals surface area contributed by atoms with Crippen LogP contribution in [0.2, 0.25) is 5.02 Å². The summed E-state index contributed by atoms with van der Waals surface area (Å²) in [6, 6.07) is 26.8. The van der Waals surface area contributed by atoms with Gasteiger partial charge in [0, 0.05) is 30.8 Å². The molecule has 0 saturated heterocycles. The number of carbonyl (C=O) groups is 1. The van der Waals surface area contributed by atoms with Crippen LogP contribution in [0.25, 0.3) is 11.3 Å². The Labute approximate surface area is 282 Å². The molecule has 0 atom stereocenters. The molecule has 5 rings (SSSR count). The summed E-state index contributed by atoms with van der Waals surface area (Å²) >= 11 is 15.6. The lowest BCUT2D eigenvalue weighted by atomic mass is 10.1. The Bertz CT molecular complexity index is 1670. The highest BCUT2D eigenvalue weighted by molar-refractivity contribution is 14.1. The van der Waals surface area contributed by atoms with Crippen LogP contribution >= 0.6 is 84.0 Å². The second-order valence-electron chi connectivity index (χ2n) is 8.68. The molecular formula is C30H20BrClI2N4O2S. The largest absolute Gasteiger partial charge is 0.487 e. The number of anilines is 2. The molecule has 1 aromatic heterocycles. The van der Waals surface area contributed by atoms with Crippen LogP contribution in [0.1, 0.15) is 21.5 Å². The van der Waals surface area contributed by atoms with Crippen molar-refractivity contribution in [2.45, 2.75) is 6.61 Å². The fourth-order valence-electron chi connectivity index (χ4n) is 3.67. The van der Waals surface area contributed by atoms with Crippen molar-refractivity contribution in [2.75, 3.05) is 5.32 Å². The monoisotopic (exact) mass is 868 g/mol. The maximum absolute atomic E-state index is 12.7. The highest BCUT2D eigenvalue weighted by Crippen LogP contribution is 2.32. The van der Waals surface area contributed by atoms with E-state index in [0.29, 0.717) is 17.2 Å². The average Bonchev–Trinajstić information content (AvgIpc) is 3.43. The number of rotatable bonds is 9. The van der Waals surface area contributed by atoms with Crippen LogP contribution < -0.4 is 15.5 Å². The Morgan fingerprint density at radius 2 is 1.76 bits per heavy atom. The van der Waals surface area contributed by atoms with E-state index in [1.54, 1.807) is 18.3 Å². The minimum atomic E-state index is -0.303. The number of nitrogens with one attached hydrogen (secondary N) is 2. The van der Waals surface area contributed by atoms with Crippen molar-refractivity contribution in [3.63, 3.8) is 0 Å². The number of hydrogen-bond donors (Lipinski definition) is 2. The molecule has 11 heteroatoms. The Kier molecular flexibility index (Phi) is 10.3. The fraction of sp³-hybridized carbons (Fsp3) is 0.0333. The summed E-state index contributed by atoms with van der Waals surface area (Å²) in [6.45, 7) is 0.470. The molecule has 0 spiro atoms. The zero-order chi connectivity index (χ0) is 28.8. The molecule has 0 radical (unpaired) electrons. The first kappa shape index (κ1) is 30.0. The molecule has 41 heavy (non-hydrogen) atoms. The summed E-state index contributed by atoms with van der Waals surface area (Å²) in [5.74, 6) is 0.459. The summed E-state index contributed by atoms with van der Waals surface area (Å²) in [5.41, 5.74) is 7.65. The number of hydrazone groups is 1. The molecule has 1 heterocycles. The van der Waals surface area contributed by atoms with Gasteiger partial charge in [-0.2, -0.15) is 5.10 Å². The maximum Gasteiger partial charge on any atom is 0.271 e. The highest BCUT2D eigenvalue weighted by atomic mass is 127. The van der Waals surface area contributed by atoms with Crippen LogP contribution in [0.3, 0.4) is 0 Å². The van der Waals surface area contributed by atoms with Gasteiger partial charge in [-0.1, -0.05) is 35.9 Å². The van der Waals surface area contributed by atoms with Crippen LogP contribution in [-0.2, 0) is 6.61 Å². The van der Waals surface area contributed by atoms with E-state index in [1.165, 1.54) is 14.9 Å². The number of thiazole rings is 1. The van der Waals surface area contributed by atoms with Crippen LogP contribution in [0.4, 0.5) is 10.8 Å². The number of nitrogens with zero attached hydrogens (tertiary/aromatic N) is 2. The molecule has 6 nitrogen and oxygen atoms in total. The number of carbonyl (C=O) groups excluding carboxylic acids is 1. The van der Waals surface area contributed by atoms with Crippen molar-refractivity contribution in [3.8, 4) is 17.0 Å². The second kappa shape index (κ2) is 14.1. The third-order valence-corrected chi connectivity index (χ3v) is 8.86. The molecule has 4 aromatic carbocycles. The summed E-state index contributed by atoms with van der Waals surface area (Å²) in [7, 11) is 0. The van der Waals surface area contributed by atoms with E-state index in [2.05, 4.69) is 106 Å². The lowest BCUT2D eigenvalue weighted by Crippen LogP contribution is -2.17. The zero-order valence-corrected chi connectivity index (χ0v) is 28.5. The topological polar surface area (TPSA) is 75.6 Å². The molecule has 0 aliphatic heterocycles. The van der Waals surface area contributed by atoms with Crippen molar-refractivity contribution >= 4 is 107 Å². The number of amides is 1. The Balaban J connectivity index is 1.16. The molecule has 2 N–H and O–H groups in total. The van der Waals surface area contributed by atoms with E-state index in [4.69, 9.17) is 16.3 Å². The van der Waals surface area contributed by atoms with Crippen LogP contribution in [-0.4, -0.2) is 17.1 Å². The van der Waals surface area contributed by atoms with Gasteiger partial charge in [0.25, 0.3) is 5.91 Å². The first-order valence-corrected chi connectivity index (χ1v) is 16.3. The zero-order valence-electron chi connectivity index (χ0n) is 21.1. The first-order valence-electron chi connectivity index (χ1n) is 12.1. The number of benzene rings is 4. The standard InChI is InChI=1S/C30H20BrClI2N4O2S/c31-25-13-19(14-26(34)28(25)40-16-18-1-9-23(33)10-2-18)15-35-38-29(39)21-5-3-20(4-6-21)27-17-41-30(37-27)36-24-11-7-22(32)8-12-24/h1-15,17H,16H2,(H,36,37)(H,38,39)/b35-15-. The van der Waals surface area contributed by atoms with Crippen molar-refractivity contribution in [3.05, 3.63) is 124 Å². The predicted octanol–water partition coefficient (Wildman–Crippen LogP) is 9.52. The molecular weight excluding hydrogens is 850 g/mol. The quantitative estimate of drug-likeness (QED) is 0.0880. The van der Waals surface area contributed by atoms with E-state index < -0.39 is 0 Å². The molecule has 0 saturated carbocycles. The summed E-state index contributed by atoms with van der Waals surface area (Å²) in [6.07, 6.45) is 1.60. The van der Waals surface area contributed by atoms with Gasteiger partial charge in [-0.25, -0.2) is 10.4 Å². The molecule has 0 aliphatic rings. The first-order chi connectivity index (χ1) is 19.8. The fourth-order valence-corrected chi connectivity index (χ4v) is 6.67. The molecule has 0 unspecified atom stereocenters. The Hall–Kier alpha value is -2.52. The molecule has 206 valence electrons. The van der Waals surface area contributed by atoms with Crippen molar-refractivity contribution in [1.82, 2.24) is 10.4 Å². The van der Waals surface area contributed by atoms with E-state index in [9.17, 15) is 4.79 Å². The minimum absolute atomic E-state index is 0.303. The number of hydrogen-bond acceptors (Lipinski definition) is 6. The maximum atomic E-state index is 12.7. The van der Waals surface area contributed by atoms with Crippen molar-refractivity contribution < 1.29 is 9.53 Å². The van der Waals surface area contributed by atoms with Gasteiger partial charge in [0.05, 0.1) is 20.0 Å². The third kappa shape index (κ3) is 8.28. The number of aromatic nitrogens is 1. The molecule has 0 fully saturated rings. The Morgan fingerprint density at radius 3 is 2.46 bits per heavy atom. The van der Waals surface area contributed by atoms with E-state index in [0.717, 1.165) is 47.0 Å². The molecule has 0 bridgehead atoms.